The Morgan fingerprint density at radius 2 is 2.04 bits per heavy atom. The molecule has 0 N–H and O–H groups in total. The molecule has 1 aliphatic heterocycles. The second-order valence-electron chi connectivity index (χ2n) is 6.85. The quantitative estimate of drug-likeness (QED) is 0.743. The van der Waals surface area contributed by atoms with Crippen molar-refractivity contribution < 1.29 is 18.3 Å². The predicted molar refractivity (Wildman–Crippen MR) is 88.8 cm³/mol. The molecule has 0 radical (unpaired) electrons. The van der Waals surface area contributed by atoms with Crippen LogP contribution in [0.4, 0.5) is 19.4 Å². The molecule has 5 nitrogen and oxygen atoms in total. The maximum absolute atomic E-state index is 12.9. The molecule has 2 rings (SSSR count). The predicted octanol–water partition coefficient (Wildman–Crippen LogP) is 4.12. The van der Waals surface area contributed by atoms with E-state index < -0.39 is 12.0 Å². The number of piperazine rings is 1. The van der Waals surface area contributed by atoms with E-state index in [0.29, 0.717) is 25.5 Å². The summed E-state index contributed by atoms with van der Waals surface area (Å²) in [5.74, 6) is 0.397. The summed E-state index contributed by atoms with van der Waals surface area (Å²) >= 11 is 5.85. The molecule has 2 heterocycles. The van der Waals surface area contributed by atoms with E-state index in [0.717, 1.165) is 6.07 Å². The average molecular weight is 362 g/mol. The summed E-state index contributed by atoms with van der Waals surface area (Å²) in [6, 6.07) is 2.37. The van der Waals surface area contributed by atoms with Gasteiger partial charge in [-0.05, 0) is 39.8 Å². The third-order valence-electron chi connectivity index (χ3n) is 3.63. The fraction of sp³-hybridized carbons (Fsp3) is 0.625. The average Bonchev–Trinajstić information content (AvgIpc) is 2.44. The molecule has 8 heteroatoms. The zero-order valence-corrected chi connectivity index (χ0v) is 15.0. The van der Waals surface area contributed by atoms with E-state index in [4.69, 9.17) is 16.3 Å². The van der Waals surface area contributed by atoms with Gasteiger partial charge in [-0.1, -0.05) is 11.6 Å². The molecule has 0 unspecified atom stereocenters. The van der Waals surface area contributed by atoms with E-state index in [-0.39, 0.29) is 22.9 Å². The van der Waals surface area contributed by atoms with Gasteiger partial charge in [0.15, 0.2) is 0 Å². The van der Waals surface area contributed by atoms with Crippen molar-refractivity contribution in [3.05, 3.63) is 22.8 Å². The first kappa shape index (κ1) is 18.7. The number of hydrogen-bond acceptors (Lipinski definition) is 4. The molecule has 0 bridgehead atoms. The molecule has 0 aliphatic carbocycles. The van der Waals surface area contributed by atoms with Gasteiger partial charge in [-0.3, -0.25) is 0 Å². The highest BCUT2D eigenvalue weighted by molar-refractivity contribution is 6.29. The Labute approximate surface area is 145 Å². The summed E-state index contributed by atoms with van der Waals surface area (Å²) in [6.45, 7) is 8.69. The molecule has 1 saturated heterocycles. The van der Waals surface area contributed by atoms with E-state index >= 15 is 0 Å². The second-order valence-corrected chi connectivity index (χ2v) is 7.24. The van der Waals surface area contributed by atoms with Gasteiger partial charge in [0.1, 0.15) is 16.6 Å². The first-order valence-corrected chi connectivity index (χ1v) is 8.15. The summed E-state index contributed by atoms with van der Waals surface area (Å²) in [5.41, 5.74) is -0.721. The normalized spacial score (nSPS) is 18.9. The van der Waals surface area contributed by atoms with Crippen molar-refractivity contribution in [3.8, 4) is 0 Å². The topological polar surface area (TPSA) is 45.7 Å². The molecule has 1 fully saturated rings. The van der Waals surface area contributed by atoms with Crippen LogP contribution in [0.25, 0.3) is 0 Å². The first-order valence-electron chi connectivity index (χ1n) is 7.77. The van der Waals surface area contributed by atoms with E-state index in [1.54, 1.807) is 4.90 Å². The molecule has 0 aromatic carbocycles. The SMILES string of the molecule is C[C@H]1CN(c2cc(C(F)F)cc(Cl)n2)CCN1C(=O)OC(C)(C)C. The number of nitrogens with zero attached hydrogens (tertiary/aromatic N) is 3. The molecule has 1 aliphatic rings. The maximum Gasteiger partial charge on any atom is 0.410 e. The molecule has 1 aromatic heterocycles. The number of hydrogen-bond donors (Lipinski definition) is 0. The van der Waals surface area contributed by atoms with Gasteiger partial charge in [0.05, 0.1) is 0 Å². The third kappa shape index (κ3) is 4.69. The summed E-state index contributed by atoms with van der Waals surface area (Å²) in [5, 5.41) is 0.0324. The van der Waals surface area contributed by atoms with Crippen molar-refractivity contribution in [1.82, 2.24) is 9.88 Å². The van der Waals surface area contributed by atoms with Crippen molar-refractivity contribution >= 4 is 23.5 Å². The zero-order valence-electron chi connectivity index (χ0n) is 14.2. The molecular weight excluding hydrogens is 340 g/mol. The Bertz CT molecular complexity index is 607. The Morgan fingerprint density at radius 3 is 2.58 bits per heavy atom. The number of pyridine rings is 1. The Hall–Kier alpha value is -1.63. The minimum absolute atomic E-state index is 0.0324. The Morgan fingerprint density at radius 1 is 1.38 bits per heavy atom. The van der Waals surface area contributed by atoms with Gasteiger partial charge < -0.3 is 14.5 Å². The number of carbonyl (C=O) groups is 1. The number of rotatable bonds is 2. The minimum atomic E-state index is -2.61. The molecule has 1 amide bonds. The van der Waals surface area contributed by atoms with Crippen molar-refractivity contribution in [2.24, 2.45) is 0 Å². The largest absolute Gasteiger partial charge is 0.444 e. The van der Waals surface area contributed by atoms with Crippen LogP contribution in [0.15, 0.2) is 12.1 Å². The van der Waals surface area contributed by atoms with Crippen LogP contribution in [0.1, 0.15) is 39.7 Å². The number of carbonyl (C=O) groups excluding carboxylic acids is 1. The summed E-state index contributed by atoms with van der Waals surface area (Å²) in [4.78, 5) is 19.8. The summed E-state index contributed by atoms with van der Waals surface area (Å²) < 4.78 is 31.2. The van der Waals surface area contributed by atoms with Crippen LogP contribution in [0.5, 0.6) is 0 Å². The van der Waals surface area contributed by atoms with Crippen LogP contribution in [0.3, 0.4) is 0 Å². The molecule has 1 atom stereocenters. The van der Waals surface area contributed by atoms with Gasteiger partial charge in [0.2, 0.25) is 0 Å². The molecule has 134 valence electrons. The molecule has 0 spiro atoms. The molecule has 1 aromatic rings. The number of alkyl halides is 2. The fourth-order valence-corrected chi connectivity index (χ4v) is 2.76. The summed E-state index contributed by atoms with van der Waals surface area (Å²) in [7, 11) is 0. The van der Waals surface area contributed by atoms with Gasteiger partial charge in [0, 0.05) is 31.2 Å². The first-order chi connectivity index (χ1) is 11.1. The lowest BCUT2D eigenvalue weighted by atomic mass is 10.1. The van der Waals surface area contributed by atoms with Crippen LogP contribution in [-0.4, -0.2) is 47.3 Å². The lowest BCUT2D eigenvalue weighted by molar-refractivity contribution is 0.0158. The minimum Gasteiger partial charge on any atom is -0.444 e. The number of anilines is 1. The number of ether oxygens (including phenoxy) is 1. The highest BCUT2D eigenvalue weighted by Gasteiger charge is 2.31. The third-order valence-corrected chi connectivity index (χ3v) is 3.83. The van der Waals surface area contributed by atoms with Gasteiger partial charge in [-0.15, -0.1) is 0 Å². The highest BCUT2D eigenvalue weighted by atomic mass is 35.5. The van der Waals surface area contributed by atoms with Gasteiger partial charge in [-0.25, -0.2) is 18.6 Å². The smallest absolute Gasteiger partial charge is 0.410 e. The van der Waals surface area contributed by atoms with Crippen LogP contribution in [-0.2, 0) is 4.74 Å². The van der Waals surface area contributed by atoms with Gasteiger partial charge >= 0.3 is 6.09 Å². The van der Waals surface area contributed by atoms with Crippen LogP contribution in [0.2, 0.25) is 5.15 Å². The van der Waals surface area contributed by atoms with E-state index in [9.17, 15) is 13.6 Å². The number of amides is 1. The Balaban J connectivity index is 2.09. The van der Waals surface area contributed by atoms with Gasteiger partial charge in [0.25, 0.3) is 6.43 Å². The fourth-order valence-electron chi connectivity index (χ4n) is 2.55. The monoisotopic (exact) mass is 361 g/mol. The van der Waals surface area contributed by atoms with Crippen molar-refractivity contribution in [1.29, 1.82) is 0 Å². The molecule has 0 saturated carbocycles. The molecular formula is C16H22ClF2N3O2. The van der Waals surface area contributed by atoms with Crippen molar-refractivity contribution in [2.75, 3.05) is 24.5 Å². The lowest BCUT2D eigenvalue weighted by Gasteiger charge is -2.40. The summed E-state index contributed by atoms with van der Waals surface area (Å²) in [6.07, 6.45) is -2.98. The Kier molecular flexibility index (Phi) is 5.52. The van der Waals surface area contributed by atoms with Crippen LogP contribution in [0, 0.1) is 0 Å². The lowest BCUT2D eigenvalue weighted by Crippen LogP contribution is -2.55. The zero-order chi connectivity index (χ0) is 18.1. The second kappa shape index (κ2) is 7.09. The van der Waals surface area contributed by atoms with Crippen molar-refractivity contribution in [2.45, 2.75) is 45.8 Å². The van der Waals surface area contributed by atoms with Crippen molar-refractivity contribution in [3.63, 3.8) is 0 Å². The number of halogens is 3. The van der Waals surface area contributed by atoms with Gasteiger partial charge in [-0.2, -0.15) is 0 Å². The van der Waals surface area contributed by atoms with E-state index in [1.165, 1.54) is 6.07 Å². The van der Waals surface area contributed by atoms with E-state index in [2.05, 4.69) is 4.98 Å². The van der Waals surface area contributed by atoms with E-state index in [1.807, 2.05) is 32.6 Å². The van der Waals surface area contributed by atoms with Crippen LogP contribution < -0.4 is 4.90 Å². The number of aromatic nitrogens is 1. The highest BCUT2D eigenvalue weighted by Crippen LogP contribution is 2.27. The standard InChI is InChI=1S/C16H22ClF2N3O2/c1-10-9-21(5-6-22(10)15(23)24-16(2,3)4)13-8-11(14(18)19)7-12(17)20-13/h7-8,10,14H,5-6,9H2,1-4H3/t10-/m0/s1. The molecule has 24 heavy (non-hydrogen) atoms. The van der Waals surface area contributed by atoms with Crippen LogP contribution >= 0.6 is 11.6 Å². The maximum atomic E-state index is 12.9.